The fraction of sp³-hybridized carbons (Fsp3) is 0.333. The number of nitrogens with two attached hydrogens (primary N) is 1. The van der Waals surface area contributed by atoms with Crippen LogP contribution in [-0.4, -0.2) is 46.1 Å². The summed E-state index contributed by atoms with van der Waals surface area (Å²) in [5.41, 5.74) is 8.03. The molecule has 145 valence electrons. The van der Waals surface area contributed by atoms with Crippen molar-refractivity contribution in [3.8, 4) is 11.3 Å². The lowest BCUT2D eigenvalue weighted by Crippen LogP contribution is -2.44. The zero-order valence-electron chi connectivity index (χ0n) is 15.9. The molecule has 3 aromatic rings. The first kappa shape index (κ1) is 18.5. The number of fused-ring (bicyclic) bond motifs is 1. The third-order valence-electron chi connectivity index (χ3n) is 4.97. The van der Waals surface area contributed by atoms with E-state index in [9.17, 15) is 9.59 Å². The summed E-state index contributed by atoms with van der Waals surface area (Å²) >= 11 is 0. The molecule has 1 radical (unpaired) electrons. The van der Waals surface area contributed by atoms with E-state index in [0.29, 0.717) is 11.3 Å². The number of rotatable bonds is 4. The monoisotopic (exact) mass is 379 g/mol. The van der Waals surface area contributed by atoms with Gasteiger partial charge in [0.15, 0.2) is 0 Å². The van der Waals surface area contributed by atoms with Crippen LogP contribution in [0.3, 0.4) is 0 Å². The van der Waals surface area contributed by atoms with E-state index in [0.717, 1.165) is 30.5 Å². The van der Waals surface area contributed by atoms with Crippen molar-refractivity contribution in [3.63, 3.8) is 0 Å². The third kappa shape index (κ3) is 3.72. The Morgan fingerprint density at radius 1 is 1.25 bits per heavy atom. The van der Waals surface area contributed by atoms with Gasteiger partial charge < -0.3 is 20.4 Å². The van der Waals surface area contributed by atoms with Crippen LogP contribution in [0.5, 0.6) is 0 Å². The summed E-state index contributed by atoms with van der Waals surface area (Å²) in [6.45, 7) is 6.89. The number of carbonyl (C=O) groups excluding carboxylic acids is 1. The van der Waals surface area contributed by atoms with E-state index in [1.165, 1.54) is 11.6 Å². The highest BCUT2D eigenvalue weighted by atomic mass is 16.5. The van der Waals surface area contributed by atoms with Gasteiger partial charge in [-0.05, 0) is 43.7 Å². The van der Waals surface area contributed by atoms with Gasteiger partial charge in [-0.3, -0.25) is 14.5 Å². The zero-order valence-corrected chi connectivity index (χ0v) is 15.9. The molecular formula is C21H23N4O3. The maximum absolute atomic E-state index is 12.3. The first-order chi connectivity index (χ1) is 13.4. The Morgan fingerprint density at radius 2 is 2.00 bits per heavy atom. The highest BCUT2D eigenvalue weighted by Gasteiger charge is 2.22. The van der Waals surface area contributed by atoms with Gasteiger partial charge in [0.25, 0.3) is 11.5 Å². The Balaban J connectivity index is 1.60. The number of amides is 1. The lowest BCUT2D eigenvalue weighted by atomic mass is 10.1. The second-order valence-corrected chi connectivity index (χ2v) is 7.45. The van der Waals surface area contributed by atoms with Crippen molar-refractivity contribution in [1.82, 2.24) is 14.9 Å². The SMILES string of the molecule is C[C@@H]1CN(Cc2ccc3[nH]c(-c4c[c]c(C(N)=O)[nH]c4=O)cc3c2)C[C@H](C)O1. The number of benzene rings is 1. The molecule has 0 bridgehead atoms. The lowest BCUT2D eigenvalue weighted by molar-refractivity contribution is -0.0704. The highest BCUT2D eigenvalue weighted by Crippen LogP contribution is 2.24. The summed E-state index contributed by atoms with van der Waals surface area (Å²) in [6, 6.07) is 12.4. The molecule has 0 spiro atoms. The minimum atomic E-state index is -0.711. The van der Waals surface area contributed by atoms with Crippen LogP contribution in [0.2, 0.25) is 0 Å². The Morgan fingerprint density at radius 3 is 2.68 bits per heavy atom. The van der Waals surface area contributed by atoms with Gasteiger partial charge in [0.2, 0.25) is 0 Å². The summed E-state index contributed by atoms with van der Waals surface area (Å²) in [7, 11) is 0. The van der Waals surface area contributed by atoms with Crippen LogP contribution in [0, 0.1) is 6.07 Å². The molecule has 4 rings (SSSR count). The van der Waals surface area contributed by atoms with Crippen LogP contribution in [-0.2, 0) is 11.3 Å². The summed E-state index contributed by atoms with van der Waals surface area (Å²) in [5, 5.41) is 1.03. The number of morpholine rings is 1. The number of nitrogens with one attached hydrogen (secondary N) is 2. The van der Waals surface area contributed by atoms with E-state index < -0.39 is 5.91 Å². The molecule has 2 aromatic heterocycles. The van der Waals surface area contributed by atoms with Gasteiger partial charge in [-0.15, -0.1) is 0 Å². The summed E-state index contributed by atoms with van der Waals surface area (Å²) in [6.07, 6.45) is 0.468. The summed E-state index contributed by atoms with van der Waals surface area (Å²) in [5.74, 6) is -0.711. The van der Waals surface area contributed by atoms with Gasteiger partial charge in [0.05, 0.1) is 23.5 Å². The maximum Gasteiger partial charge on any atom is 0.265 e. The molecule has 1 aliphatic rings. The molecule has 4 N–H and O–H groups in total. The van der Waals surface area contributed by atoms with Crippen LogP contribution < -0.4 is 11.3 Å². The Labute approximate surface area is 162 Å². The normalized spacial score (nSPS) is 20.5. The quantitative estimate of drug-likeness (QED) is 0.645. The molecule has 7 heteroatoms. The molecular weight excluding hydrogens is 356 g/mol. The molecule has 0 unspecified atom stereocenters. The van der Waals surface area contributed by atoms with Crippen molar-refractivity contribution in [2.24, 2.45) is 5.73 Å². The predicted octanol–water partition coefficient (Wildman–Crippen LogP) is 2.03. The average molecular weight is 379 g/mol. The number of carbonyl (C=O) groups is 1. The second-order valence-electron chi connectivity index (χ2n) is 7.45. The molecule has 1 aliphatic heterocycles. The number of aromatic amines is 2. The van der Waals surface area contributed by atoms with Gasteiger partial charge in [0.1, 0.15) is 5.69 Å². The standard InChI is InChI=1S/C21H23N4O3/c1-12-9-25(10-13(2)28-12)11-14-3-5-17-15(7-14)8-19(23-17)16-4-6-18(20(22)26)24-21(16)27/h3-5,7-8,12-13,23H,9-11H2,1-2H3,(H2,22,26)(H,24,27)/t12-,13+. The summed E-state index contributed by atoms with van der Waals surface area (Å²) in [4.78, 5) is 31.6. The highest BCUT2D eigenvalue weighted by molar-refractivity contribution is 5.91. The van der Waals surface area contributed by atoms with Crippen molar-refractivity contribution >= 4 is 16.8 Å². The van der Waals surface area contributed by atoms with Crippen molar-refractivity contribution in [2.75, 3.05) is 13.1 Å². The molecule has 0 aliphatic carbocycles. The number of pyridine rings is 1. The van der Waals surface area contributed by atoms with Crippen molar-refractivity contribution in [3.05, 3.63) is 58.0 Å². The third-order valence-corrected chi connectivity index (χ3v) is 4.97. The topological polar surface area (TPSA) is 104 Å². The smallest absolute Gasteiger partial charge is 0.265 e. The van der Waals surface area contributed by atoms with Gasteiger partial charge in [0, 0.05) is 36.6 Å². The molecule has 3 heterocycles. The minimum absolute atomic E-state index is 0.0267. The molecule has 1 saturated heterocycles. The Bertz CT molecular complexity index is 1070. The van der Waals surface area contributed by atoms with Crippen LogP contribution in [0.25, 0.3) is 22.2 Å². The fourth-order valence-electron chi connectivity index (χ4n) is 3.86. The lowest BCUT2D eigenvalue weighted by Gasteiger charge is -2.35. The van der Waals surface area contributed by atoms with E-state index in [1.807, 2.05) is 12.1 Å². The number of primary amides is 1. The molecule has 2 atom stereocenters. The largest absolute Gasteiger partial charge is 0.373 e. The number of hydrogen-bond acceptors (Lipinski definition) is 4. The number of H-pyrrole nitrogens is 2. The van der Waals surface area contributed by atoms with Crippen LogP contribution >= 0.6 is 0 Å². The number of aromatic nitrogens is 2. The van der Waals surface area contributed by atoms with Gasteiger partial charge in [-0.1, -0.05) is 6.07 Å². The van der Waals surface area contributed by atoms with Gasteiger partial charge in [-0.2, -0.15) is 0 Å². The van der Waals surface area contributed by atoms with Crippen LogP contribution in [0.1, 0.15) is 29.9 Å². The average Bonchev–Trinajstić information content (AvgIpc) is 3.03. The molecule has 7 nitrogen and oxygen atoms in total. The molecule has 28 heavy (non-hydrogen) atoms. The van der Waals surface area contributed by atoms with E-state index in [2.05, 4.69) is 46.9 Å². The molecule has 1 amide bonds. The van der Waals surface area contributed by atoms with E-state index in [1.54, 1.807) is 0 Å². The predicted molar refractivity (Wildman–Crippen MR) is 107 cm³/mol. The molecule has 0 saturated carbocycles. The first-order valence-corrected chi connectivity index (χ1v) is 9.33. The number of nitrogens with zero attached hydrogens (tertiary/aromatic N) is 1. The molecule has 1 fully saturated rings. The number of hydrogen-bond donors (Lipinski definition) is 3. The number of ether oxygens (including phenoxy) is 1. The second kappa shape index (κ2) is 7.26. The van der Waals surface area contributed by atoms with E-state index >= 15 is 0 Å². The summed E-state index contributed by atoms with van der Waals surface area (Å²) < 4.78 is 5.80. The zero-order chi connectivity index (χ0) is 19.8. The van der Waals surface area contributed by atoms with Gasteiger partial charge in [-0.25, -0.2) is 0 Å². The van der Waals surface area contributed by atoms with Crippen molar-refractivity contribution in [1.29, 1.82) is 0 Å². The Hall–Kier alpha value is -2.90. The minimum Gasteiger partial charge on any atom is -0.373 e. The van der Waals surface area contributed by atoms with E-state index in [4.69, 9.17) is 10.5 Å². The van der Waals surface area contributed by atoms with Crippen LogP contribution in [0.4, 0.5) is 0 Å². The van der Waals surface area contributed by atoms with E-state index in [-0.39, 0.29) is 23.5 Å². The van der Waals surface area contributed by atoms with Crippen molar-refractivity contribution in [2.45, 2.75) is 32.6 Å². The Kier molecular flexibility index (Phi) is 4.78. The van der Waals surface area contributed by atoms with Gasteiger partial charge >= 0.3 is 0 Å². The first-order valence-electron chi connectivity index (χ1n) is 9.33. The van der Waals surface area contributed by atoms with Crippen molar-refractivity contribution < 1.29 is 9.53 Å². The maximum atomic E-state index is 12.3. The molecule has 1 aromatic carbocycles. The fourth-order valence-corrected chi connectivity index (χ4v) is 3.86. The van der Waals surface area contributed by atoms with Crippen LogP contribution in [0.15, 0.2) is 35.1 Å².